The second kappa shape index (κ2) is 5.95. The number of benzene rings is 1. The van der Waals surface area contributed by atoms with Crippen LogP contribution in [0.15, 0.2) is 18.2 Å². The standard InChI is InChI=1S/C17H21NO3/c1-2-19-16-10-13(12-18)4-5-15(16)21-14-6-9-20-17(11-14)7-3-8-17/h4-5,10,14H,2-3,6-9,11H2,1H3. The van der Waals surface area contributed by atoms with Crippen LogP contribution in [0.4, 0.5) is 0 Å². The molecule has 4 heteroatoms. The largest absolute Gasteiger partial charge is 0.490 e. The van der Waals surface area contributed by atoms with Gasteiger partial charge in [0.1, 0.15) is 6.10 Å². The molecule has 1 spiro atoms. The molecule has 1 aromatic rings. The molecule has 1 saturated heterocycles. The third-order valence-corrected chi connectivity index (χ3v) is 4.38. The number of nitrogens with zero attached hydrogens (tertiary/aromatic N) is 1. The van der Waals surface area contributed by atoms with Crippen LogP contribution >= 0.6 is 0 Å². The zero-order valence-electron chi connectivity index (χ0n) is 12.4. The summed E-state index contributed by atoms with van der Waals surface area (Å²) in [4.78, 5) is 0. The van der Waals surface area contributed by atoms with E-state index in [9.17, 15) is 0 Å². The van der Waals surface area contributed by atoms with Gasteiger partial charge in [-0.3, -0.25) is 0 Å². The van der Waals surface area contributed by atoms with Gasteiger partial charge in [-0.15, -0.1) is 0 Å². The molecule has 0 radical (unpaired) electrons. The van der Waals surface area contributed by atoms with Crippen molar-refractivity contribution >= 4 is 0 Å². The Balaban J connectivity index is 1.73. The number of rotatable bonds is 4. The fourth-order valence-electron chi connectivity index (χ4n) is 3.13. The summed E-state index contributed by atoms with van der Waals surface area (Å²) in [6.45, 7) is 3.26. The first-order valence-corrected chi connectivity index (χ1v) is 7.72. The van der Waals surface area contributed by atoms with Crippen molar-refractivity contribution in [1.29, 1.82) is 5.26 Å². The van der Waals surface area contributed by atoms with Crippen molar-refractivity contribution in [2.24, 2.45) is 0 Å². The highest BCUT2D eigenvalue weighted by Gasteiger charge is 2.43. The van der Waals surface area contributed by atoms with Crippen LogP contribution in [0.5, 0.6) is 11.5 Å². The molecule has 0 aromatic heterocycles. The molecule has 0 bridgehead atoms. The lowest BCUT2D eigenvalue weighted by Gasteiger charge is -2.46. The summed E-state index contributed by atoms with van der Waals surface area (Å²) in [5, 5.41) is 8.99. The highest BCUT2D eigenvalue weighted by molar-refractivity contribution is 5.46. The lowest BCUT2D eigenvalue weighted by Crippen LogP contribution is -2.48. The van der Waals surface area contributed by atoms with E-state index in [0.717, 1.165) is 38.0 Å². The summed E-state index contributed by atoms with van der Waals surface area (Å²) in [6.07, 6.45) is 5.60. The van der Waals surface area contributed by atoms with E-state index in [-0.39, 0.29) is 11.7 Å². The van der Waals surface area contributed by atoms with Crippen LogP contribution in [0.1, 0.15) is 44.6 Å². The minimum Gasteiger partial charge on any atom is -0.490 e. The van der Waals surface area contributed by atoms with Gasteiger partial charge >= 0.3 is 0 Å². The molecule has 21 heavy (non-hydrogen) atoms. The number of hydrogen-bond donors (Lipinski definition) is 0. The zero-order chi connectivity index (χ0) is 14.7. The van der Waals surface area contributed by atoms with Crippen LogP contribution in [0.2, 0.25) is 0 Å². The van der Waals surface area contributed by atoms with Gasteiger partial charge in [-0.25, -0.2) is 0 Å². The Morgan fingerprint density at radius 2 is 2.24 bits per heavy atom. The van der Waals surface area contributed by atoms with E-state index in [1.165, 1.54) is 6.42 Å². The molecule has 1 atom stereocenters. The molecule has 2 fully saturated rings. The van der Waals surface area contributed by atoms with Crippen LogP contribution < -0.4 is 9.47 Å². The average Bonchev–Trinajstić information content (AvgIpc) is 2.48. The molecule has 3 rings (SSSR count). The zero-order valence-corrected chi connectivity index (χ0v) is 12.4. The van der Waals surface area contributed by atoms with E-state index < -0.39 is 0 Å². The van der Waals surface area contributed by atoms with Gasteiger partial charge < -0.3 is 14.2 Å². The van der Waals surface area contributed by atoms with Gasteiger partial charge in [0.25, 0.3) is 0 Å². The van der Waals surface area contributed by atoms with Gasteiger partial charge in [-0.1, -0.05) is 0 Å². The van der Waals surface area contributed by atoms with E-state index in [2.05, 4.69) is 6.07 Å². The molecule has 1 aliphatic carbocycles. The Labute approximate surface area is 125 Å². The first-order chi connectivity index (χ1) is 10.2. The van der Waals surface area contributed by atoms with Crippen LogP contribution in [0.3, 0.4) is 0 Å². The van der Waals surface area contributed by atoms with E-state index in [4.69, 9.17) is 19.5 Å². The monoisotopic (exact) mass is 287 g/mol. The predicted molar refractivity (Wildman–Crippen MR) is 78.5 cm³/mol. The van der Waals surface area contributed by atoms with Gasteiger partial charge in [-0.2, -0.15) is 5.26 Å². The van der Waals surface area contributed by atoms with Gasteiger partial charge in [-0.05, 0) is 38.3 Å². The van der Waals surface area contributed by atoms with E-state index in [1.54, 1.807) is 12.1 Å². The summed E-state index contributed by atoms with van der Waals surface area (Å²) >= 11 is 0. The van der Waals surface area contributed by atoms with Crippen LogP contribution in [-0.2, 0) is 4.74 Å². The maximum Gasteiger partial charge on any atom is 0.162 e. The van der Waals surface area contributed by atoms with Crippen molar-refractivity contribution in [1.82, 2.24) is 0 Å². The number of ether oxygens (including phenoxy) is 3. The Hall–Kier alpha value is -1.73. The third kappa shape index (κ3) is 2.98. The van der Waals surface area contributed by atoms with Crippen LogP contribution in [0, 0.1) is 11.3 Å². The molecule has 1 aliphatic heterocycles. The lowest BCUT2D eigenvalue weighted by molar-refractivity contribution is -0.153. The minimum absolute atomic E-state index is 0.0707. The third-order valence-electron chi connectivity index (χ3n) is 4.38. The molecule has 0 N–H and O–H groups in total. The van der Waals surface area contributed by atoms with Crippen molar-refractivity contribution in [2.75, 3.05) is 13.2 Å². The highest BCUT2D eigenvalue weighted by atomic mass is 16.5. The Bertz CT molecular complexity index is 545. The molecule has 1 aromatic carbocycles. The SMILES string of the molecule is CCOc1cc(C#N)ccc1OC1CCOC2(CCC2)C1. The smallest absolute Gasteiger partial charge is 0.162 e. The molecule has 0 amide bonds. The van der Waals surface area contributed by atoms with Crippen LogP contribution in [-0.4, -0.2) is 24.9 Å². The topological polar surface area (TPSA) is 51.5 Å². The Morgan fingerprint density at radius 3 is 2.90 bits per heavy atom. The second-order valence-corrected chi connectivity index (χ2v) is 5.82. The van der Waals surface area contributed by atoms with E-state index >= 15 is 0 Å². The van der Waals surface area contributed by atoms with Crippen LogP contribution in [0.25, 0.3) is 0 Å². The van der Waals surface area contributed by atoms with Crippen molar-refractivity contribution in [3.8, 4) is 17.6 Å². The number of nitriles is 1. The summed E-state index contributed by atoms with van der Waals surface area (Å²) in [7, 11) is 0. The van der Waals surface area contributed by atoms with Crippen molar-refractivity contribution < 1.29 is 14.2 Å². The summed E-state index contributed by atoms with van der Waals surface area (Å²) in [5.41, 5.74) is 0.662. The van der Waals surface area contributed by atoms with Gasteiger partial charge in [0.2, 0.25) is 0 Å². The quantitative estimate of drug-likeness (QED) is 0.851. The molecular weight excluding hydrogens is 266 g/mol. The first kappa shape index (κ1) is 14.2. The van der Waals surface area contributed by atoms with Gasteiger partial charge in [0.15, 0.2) is 11.5 Å². The summed E-state index contributed by atoms with van der Waals surface area (Å²) in [6, 6.07) is 7.49. The Morgan fingerprint density at radius 1 is 1.38 bits per heavy atom. The van der Waals surface area contributed by atoms with Crippen molar-refractivity contribution in [3.05, 3.63) is 23.8 Å². The van der Waals surface area contributed by atoms with E-state index in [1.807, 2.05) is 13.0 Å². The fraction of sp³-hybridized carbons (Fsp3) is 0.588. The Kier molecular flexibility index (Phi) is 4.03. The molecule has 4 nitrogen and oxygen atoms in total. The average molecular weight is 287 g/mol. The van der Waals surface area contributed by atoms with Crippen molar-refractivity contribution in [2.45, 2.75) is 50.7 Å². The minimum atomic E-state index is 0.0707. The second-order valence-electron chi connectivity index (χ2n) is 5.82. The van der Waals surface area contributed by atoms with Gasteiger partial charge in [0.05, 0.1) is 30.4 Å². The first-order valence-electron chi connectivity index (χ1n) is 7.72. The molecule has 2 aliphatic rings. The maximum atomic E-state index is 8.99. The molecule has 1 saturated carbocycles. The lowest BCUT2D eigenvalue weighted by atomic mass is 9.74. The predicted octanol–water partition coefficient (Wildman–Crippen LogP) is 3.44. The molecule has 1 unspecified atom stereocenters. The summed E-state index contributed by atoms with van der Waals surface area (Å²) in [5.74, 6) is 1.39. The molecular formula is C17H21NO3. The number of hydrogen-bond acceptors (Lipinski definition) is 4. The summed E-state index contributed by atoms with van der Waals surface area (Å²) < 4.78 is 17.7. The maximum absolute atomic E-state index is 8.99. The molecule has 112 valence electrons. The molecule has 1 heterocycles. The van der Waals surface area contributed by atoms with Crippen molar-refractivity contribution in [3.63, 3.8) is 0 Å². The highest BCUT2D eigenvalue weighted by Crippen LogP contribution is 2.43. The normalized spacial score (nSPS) is 23.1. The van der Waals surface area contributed by atoms with Gasteiger partial charge in [0, 0.05) is 18.9 Å². The fourth-order valence-corrected chi connectivity index (χ4v) is 3.13. The van der Waals surface area contributed by atoms with E-state index in [0.29, 0.717) is 17.9 Å².